The van der Waals surface area contributed by atoms with Crippen LogP contribution in [0.25, 0.3) is 9.88 Å². The van der Waals surface area contributed by atoms with Gasteiger partial charge in [-0.1, -0.05) is 12.5 Å². The number of amides is 1. The molecule has 1 amide bonds. The first kappa shape index (κ1) is 15.3. The molecule has 2 bridgehead atoms. The summed E-state index contributed by atoms with van der Waals surface area (Å²) in [6.07, 6.45) is 7.28. The second-order valence-electron chi connectivity index (χ2n) is 6.87. The molecule has 0 aliphatic heterocycles. The number of rotatable bonds is 6. The Hall–Kier alpha value is -1.20. The minimum absolute atomic E-state index is 0.108. The van der Waals surface area contributed by atoms with E-state index in [9.17, 15) is 4.79 Å². The van der Waals surface area contributed by atoms with Crippen LogP contribution in [-0.2, 0) is 11.2 Å². The molecule has 4 rings (SSSR count). The second kappa shape index (κ2) is 6.73. The van der Waals surface area contributed by atoms with Crippen molar-refractivity contribution in [2.45, 2.75) is 38.5 Å². The van der Waals surface area contributed by atoms with Gasteiger partial charge in [0.25, 0.3) is 0 Å². The van der Waals surface area contributed by atoms with E-state index in [4.69, 9.17) is 0 Å². The smallest absolute Gasteiger partial charge is 0.226 e. The Morgan fingerprint density at radius 3 is 3.00 bits per heavy atom. The Labute approximate surface area is 145 Å². The second-order valence-corrected chi connectivity index (χ2v) is 8.68. The molecule has 5 heteroatoms. The average molecular weight is 347 g/mol. The predicted molar refractivity (Wildman–Crippen MR) is 95.7 cm³/mol. The number of aromatic nitrogens is 1. The zero-order valence-corrected chi connectivity index (χ0v) is 14.8. The number of fused-ring (bicyclic) bond motifs is 2. The van der Waals surface area contributed by atoms with Crippen LogP contribution in [0, 0.1) is 17.8 Å². The van der Waals surface area contributed by atoms with E-state index in [-0.39, 0.29) is 5.91 Å². The number of hydrogen-bond acceptors (Lipinski definition) is 4. The van der Waals surface area contributed by atoms with Gasteiger partial charge < -0.3 is 5.32 Å². The number of thiophene rings is 1. The molecule has 2 fully saturated rings. The summed E-state index contributed by atoms with van der Waals surface area (Å²) in [5, 5.41) is 8.17. The van der Waals surface area contributed by atoms with Crippen LogP contribution < -0.4 is 5.32 Å². The normalized spacial score (nSPS) is 25.8. The monoisotopic (exact) mass is 346 g/mol. The summed E-state index contributed by atoms with van der Waals surface area (Å²) in [6, 6.07) is 4.10. The molecule has 2 aromatic rings. The Kier molecular flexibility index (Phi) is 4.49. The van der Waals surface area contributed by atoms with Gasteiger partial charge in [0.2, 0.25) is 5.91 Å². The van der Waals surface area contributed by atoms with Gasteiger partial charge in [-0.2, -0.15) is 0 Å². The zero-order chi connectivity index (χ0) is 15.6. The van der Waals surface area contributed by atoms with Crippen molar-refractivity contribution in [1.82, 2.24) is 10.3 Å². The summed E-state index contributed by atoms with van der Waals surface area (Å²) in [6.45, 7) is 0.828. The van der Waals surface area contributed by atoms with Crippen molar-refractivity contribution in [2.75, 3.05) is 6.54 Å². The molecule has 2 heterocycles. The largest absolute Gasteiger partial charge is 0.356 e. The molecule has 3 atom stereocenters. The Bertz CT molecular complexity index is 664. The van der Waals surface area contributed by atoms with E-state index >= 15 is 0 Å². The molecule has 2 aliphatic rings. The van der Waals surface area contributed by atoms with E-state index in [0.717, 1.165) is 41.4 Å². The molecule has 0 spiro atoms. The van der Waals surface area contributed by atoms with Gasteiger partial charge in [-0.15, -0.1) is 22.7 Å². The number of carbonyl (C=O) groups excluding carboxylic acids is 1. The highest BCUT2D eigenvalue weighted by Crippen LogP contribution is 2.49. The van der Waals surface area contributed by atoms with E-state index < -0.39 is 0 Å². The summed E-state index contributed by atoms with van der Waals surface area (Å²) < 4.78 is 0. The lowest BCUT2D eigenvalue weighted by atomic mass is 9.86. The molecular formula is C18H22N2OS2. The van der Waals surface area contributed by atoms with Crippen molar-refractivity contribution in [2.24, 2.45) is 17.8 Å². The van der Waals surface area contributed by atoms with Crippen LogP contribution in [0.1, 0.15) is 37.8 Å². The van der Waals surface area contributed by atoms with E-state index in [1.54, 1.807) is 22.7 Å². The summed E-state index contributed by atoms with van der Waals surface area (Å²) in [7, 11) is 0. The number of carbonyl (C=O) groups is 1. The highest BCUT2D eigenvalue weighted by Gasteiger charge is 2.38. The van der Waals surface area contributed by atoms with Crippen molar-refractivity contribution in [3.8, 4) is 9.88 Å². The van der Waals surface area contributed by atoms with E-state index in [1.807, 2.05) is 11.4 Å². The standard InChI is InChI=1S/C18H22N2OS2/c21-17(19-6-5-14-9-12-3-4-13(14)8-12)10-15-11-23-18(20-15)16-2-1-7-22-16/h1-2,7,11-14H,3-6,8-10H2,(H,19,21). The van der Waals surface area contributed by atoms with E-state index in [0.29, 0.717) is 6.42 Å². The molecule has 1 N–H and O–H groups in total. The van der Waals surface area contributed by atoms with Gasteiger partial charge in [-0.3, -0.25) is 4.79 Å². The van der Waals surface area contributed by atoms with E-state index in [1.165, 1.54) is 30.6 Å². The molecule has 0 radical (unpaired) electrons. The van der Waals surface area contributed by atoms with Crippen molar-refractivity contribution >= 4 is 28.6 Å². The van der Waals surface area contributed by atoms with Crippen molar-refractivity contribution in [3.05, 3.63) is 28.6 Å². The molecular weight excluding hydrogens is 324 g/mol. The van der Waals surface area contributed by atoms with Crippen LogP contribution in [0.5, 0.6) is 0 Å². The van der Waals surface area contributed by atoms with Crippen LogP contribution in [0.15, 0.2) is 22.9 Å². The zero-order valence-electron chi connectivity index (χ0n) is 13.2. The minimum atomic E-state index is 0.108. The maximum atomic E-state index is 12.1. The highest BCUT2D eigenvalue weighted by atomic mass is 32.1. The maximum Gasteiger partial charge on any atom is 0.226 e. The Balaban J connectivity index is 1.23. The van der Waals surface area contributed by atoms with Crippen LogP contribution in [-0.4, -0.2) is 17.4 Å². The lowest BCUT2D eigenvalue weighted by Crippen LogP contribution is -2.28. The maximum absolute atomic E-state index is 12.1. The third-order valence-corrected chi connectivity index (χ3v) is 7.28. The number of nitrogens with zero attached hydrogens (tertiary/aromatic N) is 1. The number of thiazole rings is 1. The van der Waals surface area contributed by atoms with Crippen molar-refractivity contribution < 1.29 is 4.79 Å². The summed E-state index contributed by atoms with van der Waals surface area (Å²) >= 11 is 3.31. The third-order valence-electron chi connectivity index (χ3n) is 5.35. The highest BCUT2D eigenvalue weighted by molar-refractivity contribution is 7.20. The van der Waals surface area contributed by atoms with Crippen LogP contribution in [0.4, 0.5) is 0 Å². The SMILES string of the molecule is O=C(Cc1csc(-c2cccs2)n1)NCCC1CC2CCC1C2. The topological polar surface area (TPSA) is 42.0 Å². The number of nitrogens with one attached hydrogen (secondary N) is 1. The van der Waals surface area contributed by atoms with Gasteiger partial charge in [-0.25, -0.2) is 4.98 Å². The minimum Gasteiger partial charge on any atom is -0.356 e. The van der Waals surface area contributed by atoms with Crippen LogP contribution in [0.3, 0.4) is 0 Å². The fourth-order valence-electron chi connectivity index (χ4n) is 4.26. The van der Waals surface area contributed by atoms with Gasteiger partial charge >= 0.3 is 0 Å². The first-order chi connectivity index (χ1) is 11.3. The Morgan fingerprint density at radius 1 is 1.30 bits per heavy atom. The van der Waals surface area contributed by atoms with Gasteiger partial charge in [-0.05, 0) is 54.9 Å². The fraction of sp³-hybridized carbons (Fsp3) is 0.556. The first-order valence-electron chi connectivity index (χ1n) is 8.53. The molecule has 2 saturated carbocycles. The van der Waals surface area contributed by atoms with Crippen LogP contribution in [0.2, 0.25) is 0 Å². The van der Waals surface area contributed by atoms with Crippen molar-refractivity contribution in [3.63, 3.8) is 0 Å². The lowest BCUT2D eigenvalue weighted by Gasteiger charge is -2.21. The summed E-state index contributed by atoms with van der Waals surface area (Å²) in [5.41, 5.74) is 0.885. The molecule has 23 heavy (non-hydrogen) atoms. The lowest BCUT2D eigenvalue weighted by molar-refractivity contribution is -0.120. The molecule has 3 nitrogen and oxygen atoms in total. The molecule has 122 valence electrons. The first-order valence-corrected chi connectivity index (χ1v) is 10.3. The summed E-state index contributed by atoms with van der Waals surface area (Å²) in [5.74, 6) is 2.91. The van der Waals surface area contributed by atoms with E-state index in [2.05, 4.69) is 21.7 Å². The third kappa shape index (κ3) is 3.50. The van der Waals surface area contributed by atoms with Gasteiger partial charge in [0.1, 0.15) is 5.01 Å². The number of hydrogen-bond donors (Lipinski definition) is 1. The fourth-order valence-corrected chi connectivity index (χ4v) is 5.89. The average Bonchev–Trinajstić information content (AvgIpc) is 3.31. The molecule has 2 aromatic heterocycles. The van der Waals surface area contributed by atoms with Gasteiger partial charge in [0.15, 0.2) is 0 Å². The predicted octanol–water partition coefficient (Wildman–Crippen LogP) is 4.36. The molecule has 3 unspecified atom stereocenters. The molecule has 2 aliphatic carbocycles. The van der Waals surface area contributed by atoms with Crippen molar-refractivity contribution in [1.29, 1.82) is 0 Å². The van der Waals surface area contributed by atoms with Gasteiger partial charge in [0, 0.05) is 11.9 Å². The molecule has 0 saturated heterocycles. The molecule has 0 aromatic carbocycles. The Morgan fingerprint density at radius 2 is 2.26 bits per heavy atom. The summed E-state index contributed by atoms with van der Waals surface area (Å²) in [4.78, 5) is 17.9. The van der Waals surface area contributed by atoms with Crippen LogP contribution >= 0.6 is 22.7 Å². The quantitative estimate of drug-likeness (QED) is 0.844. The van der Waals surface area contributed by atoms with Gasteiger partial charge in [0.05, 0.1) is 17.0 Å².